The van der Waals surface area contributed by atoms with Gasteiger partial charge in [-0.2, -0.15) is 0 Å². The molecule has 0 fully saturated rings. The summed E-state index contributed by atoms with van der Waals surface area (Å²) in [4.78, 5) is 15.6. The standard InChI is InChI=1S/C15H12BrNO3/c1-19-17-14-5-3-9-6-10(2-4-12(9)14)15-13(16)7-11(8-18)20-15/h2,4,6-8H,3,5H2,1H3/b17-14+. The van der Waals surface area contributed by atoms with Crippen molar-refractivity contribution in [3.05, 3.63) is 45.6 Å². The summed E-state index contributed by atoms with van der Waals surface area (Å²) < 4.78 is 6.29. The summed E-state index contributed by atoms with van der Waals surface area (Å²) in [5, 5.41) is 4.04. The number of carbonyl (C=O) groups excluding carboxylic acids is 1. The maximum Gasteiger partial charge on any atom is 0.185 e. The summed E-state index contributed by atoms with van der Waals surface area (Å²) in [5.74, 6) is 0.987. The number of oxime groups is 1. The number of hydrogen-bond acceptors (Lipinski definition) is 4. The molecule has 0 aliphatic heterocycles. The summed E-state index contributed by atoms with van der Waals surface area (Å²) in [6, 6.07) is 7.73. The van der Waals surface area contributed by atoms with Crippen molar-refractivity contribution in [1.29, 1.82) is 0 Å². The summed E-state index contributed by atoms with van der Waals surface area (Å²) in [6.07, 6.45) is 2.51. The van der Waals surface area contributed by atoms with Crippen LogP contribution in [0.5, 0.6) is 0 Å². The van der Waals surface area contributed by atoms with Crippen molar-refractivity contribution in [1.82, 2.24) is 0 Å². The molecule has 0 radical (unpaired) electrons. The molecule has 0 amide bonds. The van der Waals surface area contributed by atoms with Crippen LogP contribution in [0.4, 0.5) is 0 Å². The molecular formula is C15H12BrNO3. The molecule has 102 valence electrons. The van der Waals surface area contributed by atoms with Crippen LogP contribution in [0.15, 0.2) is 38.3 Å². The molecule has 3 rings (SSSR count). The summed E-state index contributed by atoms with van der Waals surface area (Å²) >= 11 is 3.42. The van der Waals surface area contributed by atoms with E-state index in [0.717, 1.165) is 34.2 Å². The van der Waals surface area contributed by atoms with Gasteiger partial charge in [0.15, 0.2) is 12.0 Å². The van der Waals surface area contributed by atoms with Gasteiger partial charge in [0.1, 0.15) is 12.9 Å². The van der Waals surface area contributed by atoms with Gasteiger partial charge >= 0.3 is 0 Å². The number of carbonyl (C=O) groups is 1. The zero-order valence-electron chi connectivity index (χ0n) is 10.9. The Morgan fingerprint density at radius 2 is 2.20 bits per heavy atom. The second-order valence-corrected chi connectivity index (χ2v) is 5.39. The fraction of sp³-hybridized carbons (Fsp3) is 0.200. The number of nitrogens with zero attached hydrogens (tertiary/aromatic N) is 1. The predicted molar refractivity (Wildman–Crippen MR) is 79.1 cm³/mol. The molecule has 0 spiro atoms. The third-order valence-corrected chi connectivity index (χ3v) is 3.92. The third kappa shape index (κ3) is 2.18. The molecule has 0 N–H and O–H groups in total. The fourth-order valence-corrected chi connectivity index (χ4v) is 2.99. The number of rotatable bonds is 3. The lowest BCUT2D eigenvalue weighted by atomic mass is 10.0. The highest BCUT2D eigenvalue weighted by Gasteiger charge is 2.20. The smallest absolute Gasteiger partial charge is 0.185 e. The molecule has 4 nitrogen and oxygen atoms in total. The summed E-state index contributed by atoms with van der Waals surface area (Å²) in [6.45, 7) is 0. The van der Waals surface area contributed by atoms with Crippen LogP contribution in [0.25, 0.3) is 11.3 Å². The van der Waals surface area contributed by atoms with Gasteiger partial charge in [0.25, 0.3) is 0 Å². The number of fused-ring (bicyclic) bond motifs is 1. The molecule has 1 aliphatic rings. The van der Waals surface area contributed by atoms with Crippen molar-refractivity contribution in [2.45, 2.75) is 12.8 Å². The van der Waals surface area contributed by atoms with E-state index in [-0.39, 0.29) is 0 Å². The van der Waals surface area contributed by atoms with Crippen LogP contribution < -0.4 is 0 Å². The van der Waals surface area contributed by atoms with Gasteiger partial charge in [-0.05, 0) is 40.4 Å². The monoisotopic (exact) mass is 333 g/mol. The maximum absolute atomic E-state index is 10.8. The van der Waals surface area contributed by atoms with Crippen molar-refractivity contribution in [3.63, 3.8) is 0 Å². The largest absolute Gasteiger partial charge is 0.452 e. The van der Waals surface area contributed by atoms with E-state index in [1.54, 1.807) is 13.2 Å². The van der Waals surface area contributed by atoms with E-state index in [1.165, 1.54) is 5.56 Å². The zero-order valence-corrected chi connectivity index (χ0v) is 12.4. The first kappa shape index (κ1) is 13.1. The fourth-order valence-electron chi connectivity index (χ4n) is 2.46. The Balaban J connectivity index is 2.03. The van der Waals surface area contributed by atoms with Crippen LogP contribution >= 0.6 is 15.9 Å². The normalized spacial score (nSPS) is 15.4. The summed E-state index contributed by atoms with van der Waals surface area (Å²) in [5.41, 5.74) is 4.26. The molecule has 0 saturated carbocycles. The Morgan fingerprint density at radius 3 is 2.90 bits per heavy atom. The molecule has 5 heteroatoms. The van der Waals surface area contributed by atoms with Gasteiger partial charge in [-0.25, -0.2) is 0 Å². The number of furan rings is 1. The lowest BCUT2D eigenvalue weighted by molar-refractivity contribution is 0.110. The van der Waals surface area contributed by atoms with E-state index in [4.69, 9.17) is 9.25 Å². The van der Waals surface area contributed by atoms with Crippen LogP contribution in [-0.4, -0.2) is 19.1 Å². The molecule has 0 unspecified atom stereocenters. The minimum absolute atomic E-state index is 0.314. The highest BCUT2D eigenvalue weighted by Crippen LogP contribution is 2.34. The lowest BCUT2D eigenvalue weighted by Gasteiger charge is -2.03. The van der Waals surface area contributed by atoms with Gasteiger partial charge in [0, 0.05) is 17.2 Å². The molecule has 20 heavy (non-hydrogen) atoms. The second-order valence-electron chi connectivity index (χ2n) is 4.54. The SMILES string of the molecule is CO/N=C1\CCc2cc(-c3oc(C=O)cc3Br)ccc21. The second kappa shape index (κ2) is 5.25. The molecule has 1 aromatic carbocycles. The number of aldehydes is 1. The maximum atomic E-state index is 10.8. The highest BCUT2D eigenvalue weighted by molar-refractivity contribution is 9.10. The van der Waals surface area contributed by atoms with E-state index >= 15 is 0 Å². The van der Waals surface area contributed by atoms with Crippen LogP contribution in [0.3, 0.4) is 0 Å². The van der Waals surface area contributed by atoms with E-state index in [9.17, 15) is 4.79 Å². The van der Waals surface area contributed by atoms with Crippen molar-refractivity contribution < 1.29 is 14.0 Å². The third-order valence-electron chi connectivity index (χ3n) is 3.33. The van der Waals surface area contributed by atoms with Gasteiger partial charge in [0.05, 0.1) is 10.2 Å². The Bertz CT molecular complexity index is 703. The quantitative estimate of drug-likeness (QED) is 0.633. The van der Waals surface area contributed by atoms with E-state index in [2.05, 4.69) is 27.2 Å². The van der Waals surface area contributed by atoms with Gasteiger partial charge in [-0.3, -0.25) is 4.79 Å². The van der Waals surface area contributed by atoms with Crippen LogP contribution in [0.1, 0.15) is 28.1 Å². The van der Waals surface area contributed by atoms with Crippen molar-refractivity contribution in [2.75, 3.05) is 7.11 Å². The minimum atomic E-state index is 0.314. The van der Waals surface area contributed by atoms with Crippen LogP contribution in [0.2, 0.25) is 0 Å². The molecule has 1 aromatic heterocycles. The highest BCUT2D eigenvalue weighted by atomic mass is 79.9. The number of hydrogen-bond donors (Lipinski definition) is 0. The average Bonchev–Trinajstić information content (AvgIpc) is 3.03. The predicted octanol–water partition coefficient (Wildman–Crippen LogP) is 3.82. The first-order valence-electron chi connectivity index (χ1n) is 6.21. The first-order chi connectivity index (χ1) is 9.72. The average molecular weight is 334 g/mol. The molecule has 0 bridgehead atoms. The Hall–Kier alpha value is -1.88. The molecule has 1 heterocycles. The minimum Gasteiger partial charge on any atom is -0.452 e. The lowest BCUT2D eigenvalue weighted by Crippen LogP contribution is -1.94. The van der Waals surface area contributed by atoms with Crippen molar-refractivity contribution >= 4 is 27.9 Å². The molecular weight excluding hydrogens is 322 g/mol. The van der Waals surface area contributed by atoms with Crippen LogP contribution in [0, 0.1) is 0 Å². The van der Waals surface area contributed by atoms with E-state index < -0.39 is 0 Å². The molecule has 2 aromatic rings. The van der Waals surface area contributed by atoms with Gasteiger partial charge in [-0.1, -0.05) is 17.3 Å². The molecule has 0 atom stereocenters. The number of aryl methyl sites for hydroxylation is 1. The Kier molecular flexibility index (Phi) is 3.44. The molecule has 1 aliphatic carbocycles. The molecule has 0 saturated heterocycles. The topological polar surface area (TPSA) is 51.8 Å². The first-order valence-corrected chi connectivity index (χ1v) is 7.00. The Morgan fingerprint density at radius 1 is 1.35 bits per heavy atom. The van der Waals surface area contributed by atoms with Gasteiger partial charge < -0.3 is 9.25 Å². The van der Waals surface area contributed by atoms with Gasteiger partial charge in [-0.15, -0.1) is 0 Å². The zero-order chi connectivity index (χ0) is 14.1. The van der Waals surface area contributed by atoms with Gasteiger partial charge in [0.2, 0.25) is 0 Å². The number of benzene rings is 1. The van der Waals surface area contributed by atoms with Crippen molar-refractivity contribution in [2.24, 2.45) is 5.16 Å². The van der Waals surface area contributed by atoms with Crippen molar-refractivity contribution in [3.8, 4) is 11.3 Å². The van der Waals surface area contributed by atoms with E-state index in [1.807, 2.05) is 12.1 Å². The van der Waals surface area contributed by atoms with Crippen LogP contribution in [-0.2, 0) is 11.3 Å². The number of halogens is 1. The summed E-state index contributed by atoms with van der Waals surface area (Å²) in [7, 11) is 1.56. The Labute approximate surface area is 124 Å². The van der Waals surface area contributed by atoms with E-state index in [0.29, 0.717) is 17.8 Å².